The predicted molar refractivity (Wildman–Crippen MR) is 44.7 cm³/mol. The Morgan fingerprint density at radius 2 is 1.80 bits per heavy atom. The van der Waals surface area contributed by atoms with Gasteiger partial charge < -0.3 is 5.11 Å². The minimum Gasteiger partial charge on any atom is -0.378 e. The van der Waals surface area contributed by atoms with Gasteiger partial charge in [-0.1, -0.05) is 12.3 Å². The van der Waals surface area contributed by atoms with Gasteiger partial charge in [0.25, 0.3) is 0 Å². The first-order valence-electron chi connectivity index (χ1n) is 3.62. The normalized spacial score (nSPS) is 23.0. The number of hydrogen-bond donors (Lipinski definition) is 1. The highest BCUT2D eigenvalue weighted by atomic mass is 79.9. The molecular weight excluding hydrogens is 192 g/mol. The van der Waals surface area contributed by atoms with Crippen LogP contribution in [0.5, 0.6) is 0 Å². The van der Waals surface area contributed by atoms with E-state index in [0.717, 1.165) is 25.7 Å². The third-order valence-electron chi connectivity index (χ3n) is 1.96. The molecule has 1 saturated carbocycles. The van der Waals surface area contributed by atoms with Crippen molar-refractivity contribution in [2.75, 3.05) is 0 Å². The average molecular weight is 203 g/mol. The maximum atomic E-state index is 9.67. The lowest BCUT2D eigenvalue weighted by atomic mass is 9.86. The van der Waals surface area contributed by atoms with Gasteiger partial charge in [-0.25, -0.2) is 0 Å². The monoisotopic (exact) mass is 202 g/mol. The molecule has 0 spiro atoms. The molecule has 56 valence electrons. The Balaban J connectivity index is 2.53. The Bertz CT molecular complexity index is 160. The summed E-state index contributed by atoms with van der Waals surface area (Å²) in [5.41, 5.74) is -0.679. The van der Waals surface area contributed by atoms with Crippen LogP contribution in [-0.4, -0.2) is 10.7 Å². The molecule has 0 aromatic carbocycles. The molecule has 0 aromatic rings. The summed E-state index contributed by atoms with van der Waals surface area (Å²) in [5, 5.41) is 9.67. The highest BCUT2D eigenvalue weighted by molar-refractivity contribution is 9.12. The molecule has 0 unspecified atom stereocenters. The van der Waals surface area contributed by atoms with E-state index in [9.17, 15) is 5.11 Å². The first-order valence-corrected chi connectivity index (χ1v) is 4.41. The molecule has 0 aromatic heterocycles. The van der Waals surface area contributed by atoms with Crippen molar-refractivity contribution in [1.82, 2.24) is 0 Å². The van der Waals surface area contributed by atoms with Crippen molar-refractivity contribution in [2.45, 2.75) is 37.7 Å². The van der Waals surface area contributed by atoms with Gasteiger partial charge in [0.1, 0.15) is 5.60 Å². The lowest BCUT2D eigenvalue weighted by molar-refractivity contribution is 0.0611. The molecule has 0 bridgehead atoms. The minimum atomic E-state index is -0.679. The SMILES string of the molecule is OC1(C#CBr)CCCCC1. The number of hydrogen-bond acceptors (Lipinski definition) is 1. The molecule has 0 heterocycles. The highest BCUT2D eigenvalue weighted by Crippen LogP contribution is 2.27. The molecule has 2 heteroatoms. The van der Waals surface area contributed by atoms with Gasteiger partial charge in [0.2, 0.25) is 0 Å². The summed E-state index contributed by atoms with van der Waals surface area (Å²) in [6.07, 6.45) is 5.14. The Hall–Kier alpha value is 0. The lowest BCUT2D eigenvalue weighted by Gasteiger charge is -2.26. The zero-order chi connectivity index (χ0) is 7.45. The van der Waals surface area contributed by atoms with E-state index < -0.39 is 5.60 Å². The summed E-state index contributed by atoms with van der Waals surface area (Å²) in [6.45, 7) is 0. The molecule has 10 heavy (non-hydrogen) atoms. The average Bonchev–Trinajstić information content (AvgIpc) is 1.89. The molecule has 1 N–H and O–H groups in total. The summed E-state index contributed by atoms with van der Waals surface area (Å²) in [7, 11) is 0. The second-order valence-electron chi connectivity index (χ2n) is 2.81. The third-order valence-corrected chi connectivity index (χ3v) is 2.16. The van der Waals surface area contributed by atoms with Crippen molar-refractivity contribution in [3.8, 4) is 10.8 Å². The standard InChI is InChI=1S/C8H11BrO/c9-7-6-8(10)4-2-1-3-5-8/h10H,1-5H2. The van der Waals surface area contributed by atoms with Crippen molar-refractivity contribution < 1.29 is 5.11 Å². The third kappa shape index (κ3) is 2.00. The highest BCUT2D eigenvalue weighted by Gasteiger charge is 2.26. The van der Waals surface area contributed by atoms with Crippen LogP contribution in [0.25, 0.3) is 0 Å². The zero-order valence-corrected chi connectivity index (χ0v) is 7.45. The molecule has 0 saturated heterocycles. The van der Waals surface area contributed by atoms with Crippen LogP contribution in [0.4, 0.5) is 0 Å². The molecule has 0 atom stereocenters. The second kappa shape index (κ2) is 3.41. The van der Waals surface area contributed by atoms with Crippen LogP contribution >= 0.6 is 15.9 Å². The van der Waals surface area contributed by atoms with Crippen molar-refractivity contribution >= 4 is 15.9 Å². The van der Waals surface area contributed by atoms with Crippen molar-refractivity contribution in [3.63, 3.8) is 0 Å². The van der Waals surface area contributed by atoms with E-state index in [1.54, 1.807) is 0 Å². The van der Waals surface area contributed by atoms with Gasteiger partial charge >= 0.3 is 0 Å². The van der Waals surface area contributed by atoms with Crippen molar-refractivity contribution in [2.24, 2.45) is 0 Å². The van der Waals surface area contributed by atoms with Crippen LogP contribution in [-0.2, 0) is 0 Å². The molecule has 0 radical (unpaired) electrons. The van der Waals surface area contributed by atoms with E-state index in [1.165, 1.54) is 6.42 Å². The van der Waals surface area contributed by atoms with Crippen LogP contribution in [0.1, 0.15) is 32.1 Å². The van der Waals surface area contributed by atoms with Gasteiger partial charge in [-0.05, 0) is 30.5 Å². The number of halogens is 1. The Morgan fingerprint density at radius 3 is 2.30 bits per heavy atom. The molecule has 1 fully saturated rings. The predicted octanol–water partition coefficient (Wildman–Crippen LogP) is 2.04. The Labute approximate surface area is 69.9 Å². The second-order valence-corrected chi connectivity index (χ2v) is 3.21. The van der Waals surface area contributed by atoms with Crippen LogP contribution < -0.4 is 0 Å². The summed E-state index contributed by atoms with van der Waals surface area (Å²) < 4.78 is 0. The van der Waals surface area contributed by atoms with E-state index in [0.29, 0.717) is 0 Å². The van der Waals surface area contributed by atoms with Gasteiger partial charge in [0, 0.05) is 15.9 Å². The molecule has 1 aliphatic carbocycles. The topological polar surface area (TPSA) is 20.2 Å². The van der Waals surface area contributed by atoms with Crippen LogP contribution in [0.3, 0.4) is 0 Å². The largest absolute Gasteiger partial charge is 0.378 e. The van der Waals surface area contributed by atoms with E-state index in [1.807, 2.05) is 0 Å². The maximum Gasteiger partial charge on any atom is 0.126 e. The van der Waals surface area contributed by atoms with E-state index in [2.05, 4.69) is 26.7 Å². The van der Waals surface area contributed by atoms with Crippen LogP contribution in [0.2, 0.25) is 0 Å². The zero-order valence-electron chi connectivity index (χ0n) is 5.86. The first-order chi connectivity index (χ1) is 4.77. The van der Waals surface area contributed by atoms with Gasteiger partial charge in [-0.2, -0.15) is 0 Å². The fourth-order valence-corrected chi connectivity index (χ4v) is 1.72. The lowest BCUT2D eigenvalue weighted by Crippen LogP contribution is -2.28. The first kappa shape index (κ1) is 8.10. The fraction of sp³-hybridized carbons (Fsp3) is 0.750. The molecule has 1 rings (SSSR count). The molecule has 1 aliphatic rings. The van der Waals surface area contributed by atoms with Crippen LogP contribution in [0.15, 0.2) is 0 Å². The van der Waals surface area contributed by atoms with Crippen molar-refractivity contribution in [3.05, 3.63) is 0 Å². The van der Waals surface area contributed by atoms with E-state index >= 15 is 0 Å². The summed E-state index contributed by atoms with van der Waals surface area (Å²) in [4.78, 5) is 2.59. The summed E-state index contributed by atoms with van der Waals surface area (Å²) in [5.74, 6) is 2.78. The number of aliphatic hydroxyl groups is 1. The fourth-order valence-electron chi connectivity index (χ4n) is 1.35. The van der Waals surface area contributed by atoms with E-state index in [-0.39, 0.29) is 0 Å². The number of rotatable bonds is 0. The molecule has 1 nitrogen and oxygen atoms in total. The summed E-state index contributed by atoms with van der Waals surface area (Å²) >= 11 is 3.00. The molecular formula is C8H11BrO. The minimum absolute atomic E-state index is 0.679. The van der Waals surface area contributed by atoms with Gasteiger partial charge in [0.05, 0.1) is 0 Å². The maximum absolute atomic E-state index is 9.67. The quantitative estimate of drug-likeness (QED) is 0.597. The van der Waals surface area contributed by atoms with Gasteiger partial charge in [-0.3, -0.25) is 0 Å². The van der Waals surface area contributed by atoms with Crippen molar-refractivity contribution in [1.29, 1.82) is 0 Å². The van der Waals surface area contributed by atoms with Gasteiger partial charge in [-0.15, -0.1) is 0 Å². The summed E-state index contributed by atoms with van der Waals surface area (Å²) in [6, 6.07) is 0. The van der Waals surface area contributed by atoms with Gasteiger partial charge in [0.15, 0.2) is 0 Å². The van der Waals surface area contributed by atoms with E-state index in [4.69, 9.17) is 0 Å². The molecule has 0 aliphatic heterocycles. The Kier molecular flexibility index (Phi) is 2.76. The smallest absolute Gasteiger partial charge is 0.126 e. The molecule has 0 amide bonds. The Morgan fingerprint density at radius 1 is 1.20 bits per heavy atom. The van der Waals surface area contributed by atoms with Crippen LogP contribution in [0, 0.1) is 10.8 Å².